The van der Waals surface area contributed by atoms with Gasteiger partial charge < -0.3 is 4.74 Å². The highest BCUT2D eigenvalue weighted by molar-refractivity contribution is 7.98. The van der Waals surface area contributed by atoms with Gasteiger partial charge in [0.15, 0.2) is 11.8 Å². The van der Waals surface area contributed by atoms with Gasteiger partial charge in [-0.3, -0.25) is 20.4 Å². The molecule has 2 aromatic carbocycles. The maximum absolute atomic E-state index is 12.3. The van der Waals surface area contributed by atoms with Gasteiger partial charge in [-0.05, 0) is 43.7 Å². The van der Waals surface area contributed by atoms with Crippen LogP contribution in [0.1, 0.15) is 27.3 Å². The van der Waals surface area contributed by atoms with Crippen molar-refractivity contribution in [2.45, 2.75) is 24.8 Å². The Morgan fingerprint density at radius 3 is 2.21 bits per heavy atom. The van der Waals surface area contributed by atoms with Crippen LogP contribution in [0.3, 0.4) is 0 Å². The van der Waals surface area contributed by atoms with Crippen molar-refractivity contribution in [1.29, 1.82) is 0 Å². The van der Waals surface area contributed by atoms with Crippen LogP contribution in [0.15, 0.2) is 47.6 Å². The number of rotatable bonds is 7. The molecule has 0 fully saturated rings. The van der Waals surface area contributed by atoms with Gasteiger partial charge in [0.1, 0.15) is 5.75 Å². The number of halogens is 3. The lowest BCUT2D eigenvalue weighted by Gasteiger charge is -2.11. The highest BCUT2D eigenvalue weighted by Crippen LogP contribution is 2.33. The van der Waals surface area contributed by atoms with Crippen molar-refractivity contribution < 1.29 is 14.3 Å². The van der Waals surface area contributed by atoms with E-state index in [4.69, 9.17) is 39.5 Å². The molecule has 0 aliphatic rings. The second-order valence-corrected chi connectivity index (χ2v) is 9.07. The van der Waals surface area contributed by atoms with Crippen LogP contribution < -0.4 is 15.6 Å². The van der Waals surface area contributed by atoms with Crippen LogP contribution in [-0.4, -0.2) is 28.4 Å². The Balaban J connectivity index is 1.46. The van der Waals surface area contributed by atoms with Crippen LogP contribution >= 0.6 is 46.6 Å². The summed E-state index contributed by atoms with van der Waals surface area (Å²) in [7, 11) is 0. The molecule has 0 atom stereocenters. The Morgan fingerprint density at radius 2 is 1.55 bits per heavy atom. The van der Waals surface area contributed by atoms with E-state index < -0.39 is 11.8 Å². The molecule has 3 rings (SSSR count). The average Bonchev–Trinajstić information content (AvgIpc) is 2.77. The van der Waals surface area contributed by atoms with Gasteiger partial charge in [0.05, 0.1) is 15.1 Å². The van der Waals surface area contributed by atoms with Crippen molar-refractivity contribution in [3.05, 3.63) is 80.0 Å². The van der Waals surface area contributed by atoms with Crippen molar-refractivity contribution in [2.75, 3.05) is 6.61 Å². The summed E-state index contributed by atoms with van der Waals surface area (Å²) in [5.41, 5.74) is 7.86. The van der Waals surface area contributed by atoms with Gasteiger partial charge in [0, 0.05) is 28.8 Å². The van der Waals surface area contributed by atoms with E-state index >= 15 is 0 Å². The van der Waals surface area contributed by atoms with Gasteiger partial charge in [-0.2, -0.15) is 0 Å². The van der Waals surface area contributed by atoms with Gasteiger partial charge in [-0.1, -0.05) is 58.7 Å². The van der Waals surface area contributed by atoms with Crippen LogP contribution in [0.2, 0.25) is 15.1 Å². The van der Waals surface area contributed by atoms with Crippen LogP contribution in [0.4, 0.5) is 0 Å². The number of hydrogen-bond donors (Lipinski definition) is 2. The number of aromatic nitrogens is 2. The first-order valence-corrected chi connectivity index (χ1v) is 11.7. The molecule has 0 aliphatic carbocycles. The van der Waals surface area contributed by atoms with E-state index in [1.165, 1.54) is 23.9 Å². The number of nitrogens with zero attached hydrogens (tertiary/aromatic N) is 2. The van der Waals surface area contributed by atoms with E-state index in [-0.39, 0.29) is 27.4 Å². The number of aryl methyl sites for hydroxylation is 2. The zero-order valence-corrected chi connectivity index (χ0v) is 20.7. The van der Waals surface area contributed by atoms with Crippen LogP contribution in [0.25, 0.3) is 0 Å². The number of benzene rings is 2. The topological polar surface area (TPSA) is 93.2 Å². The summed E-state index contributed by atoms with van der Waals surface area (Å²) in [5, 5.41) is 1.44. The second-order valence-electron chi connectivity index (χ2n) is 6.91. The second kappa shape index (κ2) is 11.6. The summed E-state index contributed by atoms with van der Waals surface area (Å²) in [6.45, 7) is 3.48. The van der Waals surface area contributed by atoms with Crippen molar-refractivity contribution in [3.63, 3.8) is 0 Å². The fraction of sp³-hybridized carbons (Fsp3) is 0.182. The fourth-order valence-corrected chi connectivity index (χ4v) is 4.15. The average molecular weight is 526 g/mol. The minimum Gasteiger partial charge on any atom is -0.482 e. The Kier molecular flexibility index (Phi) is 8.80. The van der Waals surface area contributed by atoms with E-state index in [1.807, 2.05) is 32.0 Å². The number of thioether (sulfide) groups is 1. The summed E-state index contributed by atoms with van der Waals surface area (Å²) in [6.07, 6.45) is 0. The first-order chi connectivity index (χ1) is 15.7. The maximum atomic E-state index is 12.3. The maximum Gasteiger partial charge on any atom is 0.276 e. The van der Waals surface area contributed by atoms with E-state index in [0.29, 0.717) is 16.5 Å². The number of nitrogens with one attached hydrogen (secondary N) is 2. The number of carbonyl (C=O) groups excluding carboxylic acids is 2. The number of amides is 2. The SMILES string of the molecule is Cc1cc(C)nc(SCc2ccc(C(=O)NNC(=O)COc3cc(Cl)c(Cl)cc3Cl)cc2)n1. The molecule has 0 unspecified atom stereocenters. The normalized spacial score (nSPS) is 10.6. The third-order valence-corrected chi connectivity index (χ3v) is 6.13. The molecule has 7 nitrogen and oxygen atoms in total. The summed E-state index contributed by atoms with van der Waals surface area (Å²) in [6, 6.07) is 11.8. The molecule has 2 amide bonds. The molecule has 0 radical (unpaired) electrons. The predicted molar refractivity (Wildman–Crippen MR) is 130 cm³/mol. The molecule has 3 aromatic rings. The molecule has 1 heterocycles. The van der Waals surface area contributed by atoms with E-state index in [2.05, 4.69) is 20.8 Å². The minimum atomic E-state index is -0.577. The Bertz CT molecular complexity index is 1160. The molecule has 11 heteroatoms. The van der Waals surface area contributed by atoms with Crippen molar-refractivity contribution in [2.24, 2.45) is 0 Å². The Labute approximate surface area is 210 Å². The number of hydrogen-bond acceptors (Lipinski definition) is 6. The third-order valence-electron chi connectivity index (χ3n) is 4.19. The molecule has 0 saturated carbocycles. The summed E-state index contributed by atoms with van der Waals surface area (Å²) < 4.78 is 5.32. The Morgan fingerprint density at radius 1 is 0.909 bits per heavy atom. The lowest BCUT2D eigenvalue weighted by molar-refractivity contribution is -0.123. The molecule has 0 spiro atoms. The molecule has 2 N–H and O–H groups in total. The van der Waals surface area contributed by atoms with Crippen LogP contribution in [0.5, 0.6) is 5.75 Å². The van der Waals surface area contributed by atoms with E-state index in [1.54, 1.807) is 12.1 Å². The van der Waals surface area contributed by atoms with Crippen LogP contribution in [0, 0.1) is 13.8 Å². The molecule has 33 heavy (non-hydrogen) atoms. The van der Waals surface area contributed by atoms with Crippen molar-refractivity contribution in [1.82, 2.24) is 20.8 Å². The smallest absolute Gasteiger partial charge is 0.276 e. The number of hydrazine groups is 1. The molecule has 0 saturated heterocycles. The van der Waals surface area contributed by atoms with E-state index in [9.17, 15) is 9.59 Å². The first kappa shape index (κ1) is 25.1. The Hall–Kier alpha value is -2.52. The standard InChI is InChI=1S/C22H19Cl3N4O3S/c1-12-7-13(2)27-22(26-12)33-11-14-3-5-15(6-4-14)21(31)29-28-20(30)10-32-19-9-17(24)16(23)8-18(19)25/h3-9H,10-11H2,1-2H3,(H,28,30)(H,29,31). The zero-order valence-electron chi connectivity index (χ0n) is 17.6. The van der Waals surface area contributed by atoms with Gasteiger partial charge in [-0.15, -0.1) is 0 Å². The van der Waals surface area contributed by atoms with Gasteiger partial charge in [0.25, 0.3) is 11.8 Å². The molecule has 1 aromatic heterocycles. The fourth-order valence-electron chi connectivity index (χ4n) is 2.65. The first-order valence-electron chi connectivity index (χ1n) is 9.62. The summed E-state index contributed by atoms with van der Waals surface area (Å²) in [5.74, 6) is -0.178. The van der Waals surface area contributed by atoms with Gasteiger partial charge in [-0.25, -0.2) is 9.97 Å². The van der Waals surface area contributed by atoms with Crippen molar-refractivity contribution in [3.8, 4) is 5.75 Å². The summed E-state index contributed by atoms with van der Waals surface area (Å²) in [4.78, 5) is 33.1. The summed E-state index contributed by atoms with van der Waals surface area (Å²) >= 11 is 19.3. The molecule has 0 bridgehead atoms. The number of ether oxygens (including phenoxy) is 1. The lowest BCUT2D eigenvalue weighted by atomic mass is 10.1. The largest absolute Gasteiger partial charge is 0.482 e. The molecule has 172 valence electrons. The highest BCUT2D eigenvalue weighted by atomic mass is 35.5. The zero-order chi connectivity index (χ0) is 24.0. The predicted octanol–water partition coefficient (Wildman–Crippen LogP) is 5.19. The van der Waals surface area contributed by atoms with Crippen molar-refractivity contribution >= 4 is 58.4 Å². The van der Waals surface area contributed by atoms with Gasteiger partial charge in [0.2, 0.25) is 0 Å². The molecular weight excluding hydrogens is 507 g/mol. The molecule has 0 aliphatic heterocycles. The lowest BCUT2D eigenvalue weighted by Crippen LogP contribution is -2.43. The van der Waals surface area contributed by atoms with E-state index in [0.717, 1.165) is 17.0 Å². The molecular formula is C22H19Cl3N4O3S. The minimum absolute atomic E-state index is 0.201. The van der Waals surface area contributed by atoms with Gasteiger partial charge >= 0.3 is 0 Å². The quantitative estimate of drug-likeness (QED) is 0.191. The van der Waals surface area contributed by atoms with Crippen LogP contribution in [-0.2, 0) is 10.5 Å². The third kappa shape index (κ3) is 7.50. The monoisotopic (exact) mass is 524 g/mol. The number of carbonyl (C=O) groups is 2. The highest BCUT2D eigenvalue weighted by Gasteiger charge is 2.11.